The van der Waals surface area contributed by atoms with Crippen molar-refractivity contribution in [2.45, 2.75) is 38.9 Å². The van der Waals surface area contributed by atoms with Gasteiger partial charge in [-0.1, -0.05) is 12.1 Å². The van der Waals surface area contributed by atoms with Gasteiger partial charge >= 0.3 is 0 Å². The van der Waals surface area contributed by atoms with Crippen LogP contribution in [-0.2, 0) is 17.9 Å². The molecule has 0 aliphatic carbocycles. The molecule has 0 unspecified atom stereocenters. The number of amides is 1. The van der Waals surface area contributed by atoms with Gasteiger partial charge in [0, 0.05) is 19.6 Å². The van der Waals surface area contributed by atoms with Gasteiger partial charge in [-0.15, -0.1) is 0 Å². The van der Waals surface area contributed by atoms with Crippen molar-refractivity contribution in [2.75, 3.05) is 13.1 Å². The van der Waals surface area contributed by atoms with Crippen LogP contribution in [0.2, 0.25) is 0 Å². The van der Waals surface area contributed by atoms with Crippen LogP contribution in [-0.4, -0.2) is 44.7 Å². The standard InChI is InChI=1S/C18H24FN5O/c1-14(18(25)21-9-15-4-6-17(19)7-5-15)23-8-2-3-16(10-23)11-24-13-20-12-22-24/h4-7,12-14,16H,2-3,8-11H2,1H3,(H,21,25)/t14-,16-/m1/s1. The monoisotopic (exact) mass is 345 g/mol. The van der Waals surface area contributed by atoms with Crippen LogP contribution < -0.4 is 5.32 Å². The number of nitrogens with zero attached hydrogens (tertiary/aromatic N) is 4. The lowest BCUT2D eigenvalue weighted by Gasteiger charge is -2.36. The van der Waals surface area contributed by atoms with E-state index in [1.807, 2.05) is 11.6 Å². The van der Waals surface area contributed by atoms with Crippen molar-refractivity contribution in [1.29, 1.82) is 0 Å². The molecule has 0 spiro atoms. The van der Waals surface area contributed by atoms with Crippen LogP contribution >= 0.6 is 0 Å². The van der Waals surface area contributed by atoms with Gasteiger partial charge in [0.15, 0.2) is 0 Å². The number of carbonyl (C=O) groups is 1. The van der Waals surface area contributed by atoms with Crippen LogP contribution in [0.4, 0.5) is 4.39 Å². The highest BCUT2D eigenvalue weighted by molar-refractivity contribution is 5.81. The maximum Gasteiger partial charge on any atom is 0.237 e. The third-order valence-corrected chi connectivity index (χ3v) is 4.77. The summed E-state index contributed by atoms with van der Waals surface area (Å²) >= 11 is 0. The van der Waals surface area contributed by atoms with Crippen LogP contribution in [0.3, 0.4) is 0 Å². The SMILES string of the molecule is C[C@H](C(=O)NCc1ccc(F)cc1)N1CCC[C@@H](Cn2cncn2)C1. The number of halogens is 1. The number of benzene rings is 1. The average molecular weight is 345 g/mol. The van der Waals surface area contributed by atoms with Crippen LogP contribution in [0.1, 0.15) is 25.3 Å². The fourth-order valence-corrected chi connectivity index (χ4v) is 3.29. The van der Waals surface area contributed by atoms with Crippen LogP contribution in [0.5, 0.6) is 0 Å². The molecule has 2 atom stereocenters. The molecule has 1 aromatic heterocycles. The maximum atomic E-state index is 12.9. The second-order valence-electron chi connectivity index (χ2n) is 6.64. The molecule has 2 heterocycles. The summed E-state index contributed by atoms with van der Waals surface area (Å²) in [6.45, 7) is 5.00. The molecule has 0 bridgehead atoms. The number of hydrogen-bond acceptors (Lipinski definition) is 4. The molecule has 1 amide bonds. The molecule has 6 nitrogen and oxygen atoms in total. The fraction of sp³-hybridized carbons (Fsp3) is 0.500. The summed E-state index contributed by atoms with van der Waals surface area (Å²) in [5.41, 5.74) is 0.893. The van der Waals surface area contributed by atoms with Crippen molar-refractivity contribution < 1.29 is 9.18 Å². The van der Waals surface area contributed by atoms with E-state index in [4.69, 9.17) is 0 Å². The highest BCUT2D eigenvalue weighted by Gasteiger charge is 2.27. The van der Waals surface area contributed by atoms with Gasteiger partial charge < -0.3 is 5.32 Å². The number of likely N-dealkylation sites (tertiary alicyclic amines) is 1. The van der Waals surface area contributed by atoms with Gasteiger partial charge in [0.1, 0.15) is 18.5 Å². The zero-order valence-electron chi connectivity index (χ0n) is 14.4. The van der Waals surface area contributed by atoms with Gasteiger partial charge in [-0.25, -0.2) is 9.37 Å². The molecule has 1 aliphatic heterocycles. The minimum Gasteiger partial charge on any atom is -0.351 e. The Morgan fingerprint density at radius 3 is 2.92 bits per heavy atom. The van der Waals surface area contributed by atoms with E-state index < -0.39 is 0 Å². The van der Waals surface area contributed by atoms with E-state index in [2.05, 4.69) is 20.3 Å². The molecule has 1 saturated heterocycles. The lowest BCUT2D eigenvalue weighted by Crippen LogP contribution is -2.49. The molecular formula is C18H24FN5O. The summed E-state index contributed by atoms with van der Waals surface area (Å²) in [6.07, 6.45) is 5.50. The zero-order chi connectivity index (χ0) is 17.6. The highest BCUT2D eigenvalue weighted by Crippen LogP contribution is 2.20. The normalized spacial score (nSPS) is 19.5. The number of carbonyl (C=O) groups excluding carboxylic acids is 1. The first-order valence-corrected chi connectivity index (χ1v) is 8.70. The Balaban J connectivity index is 1.49. The van der Waals surface area contributed by atoms with Crippen LogP contribution in [0.25, 0.3) is 0 Å². The lowest BCUT2D eigenvalue weighted by molar-refractivity contribution is -0.126. The highest BCUT2D eigenvalue weighted by atomic mass is 19.1. The minimum atomic E-state index is -0.268. The third-order valence-electron chi connectivity index (χ3n) is 4.77. The number of piperidine rings is 1. The molecule has 1 aromatic carbocycles. The second-order valence-corrected chi connectivity index (χ2v) is 6.64. The van der Waals surface area contributed by atoms with Gasteiger partial charge in [-0.3, -0.25) is 14.4 Å². The van der Waals surface area contributed by atoms with Crippen molar-refractivity contribution >= 4 is 5.91 Å². The van der Waals surface area contributed by atoms with E-state index in [-0.39, 0.29) is 17.8 Å². The van der Waals surface area contributed by atoms with E-state index >= 15 is 0 Å². The van der Waals surface area contributed by atoms with Crippen molar-refractivity contribution in [3.05, 3.63) is 48.3 Å². The van der Waals surface area contributed by atoms with Crippen molar-refractivity contribution in [3.8, 4) is 0 Å². The predicted molar refractivity (Wildman–Crippen MR) is 92.0 cm³/mol. The average Bonchev–Trinajstić information content (AvgIpc) is 3.13. The molecule has 0 saturated carbocycles. The largest absolute Gasteiger partial charge is 0.351 e. The van der Waals surface area contributed by atoms with Gasteiger partial charge in [0.2, 0.25) is 5.91 Å². The van der Waals surface area contributed by atoms with Crippen molar-refractivity contribution in [3.63, 3.8) is 0 Å². The van der Waals surface area contributed by atoms with Gasteiger partial charge in [0.05, 0.1) is 6.04 Å². The summed E-state index contributed by atoms with van der Waals surface area (Å²) in [6, 6.07) is 6.01. The molecule has 1 N–H and O–H groups in total. The Kier molecular flexibility index (Phi) is 5.75. The second kappa shape index (κ2) is 8.20. The van der Waals surface area contributed by atoms with E-state index in [0.29, 0.717) is 12.5 Å². The summed E-state index contributed by atoms with van der Waals surface area (Å²) in [7, 11) is 0. The Labute approximate surface area is 147 Å². The topological polar surface area (TPSA) is 63.1 Å². The van der Waals surface area contributed by atoms with E-state index in [9.17, 15) is 9.18 Å². The first-order valence-electron chi connectivity index (χ1n) is 8.70. The molecule has 2 aromatic rings. The summed E-state index contributed by atoms with van der Waals surface area (Å²) < 4.78 is 14.8. The van der Waals surface area contributed by atoms with Crippen LogP contribution in [0, 0.1) is 11.7 Å². The van der Waals surface area contributed by atoms with E-state index in [0.717, 1.165) is 38.0 Å². The maximum absolute atomic E-state index is 12.9. The van der Waals surface area contributed by atoms with Gasteiger partial charge in [0.25, 0.3) is 0 Å². The Hall–Kier alpha value is -2.28. The van der Waals surface area contributed by atoms with E-state index in [1.165, 1.54) is 12.1 Å². The first-order chi connectivity index (χ1) is 12.1. The summed E-state index contributed by atoms with van der Waals surface area (Å²) in [5, 5.41) is 7.11. The number of nitrogens with one attached hydrogen (secondary N) is 1. The Morgan fingerprint density at radius 1 is 1.40 bits per heavy atom. The number of hydrogen-bond donors (Lipinski definition) is 1. The zero-order valence-corrected chi connectivity index (χ0v) is 14.4. The lowest BCUT2D eigenvalue weighted by atomic mass is 9.96. The Morgan fingerprint density at radius 2 is 2.20 bits per heavy atom. The first kappa shape index (κ1) is 17.5. The quantitative estimate of drug-likeness (QED) is 0.868. The fourth-order valence-electron chi connectivity index (χ4n) is 3.29. The van der Waals surface area contributed by atoms with Gasteiger partial charge in [-0.05, 0) is 49.9 Å². The molecule has 1 aliphatic rings. The van der Waals surface area contributed by atoms with E-state index in [1.54, 1.807) is 24.8 Å². The third kappa shape index (κ3) is 4.85. The van der Waals surface area contributed by atoms with Crippen molar-refractivity contribution in [2.24, 2.45) is 5.92 Å². The van der Waals surface area contributed by atoms with Crippen molar-refractivity contribution in [1.82, 2.24) is 25.0 Å². The smallest absolute Gasteiger partial charge is 0.237 e. The summed E-state index contributed by atoms with van der Waals surface area (Å²) in [5.74, 6) is 0.212. The minimum absolute atomic E-state index is 0.00531. The Bertz CT molecular complexity index is 673. The number of rotatable bonds is 6. The molecular weight excluding hydrogens is 321 g/mol. The number of aromatic nitrogens is 3. The van der Waals surface area contributed by atoms with Gasteiger partial charge in [-0.2, -0.15) is 5.10 Å². The molecule has 0 radical (unpaired) electrons. The predicted octanol–water partition coefficient (Wildman–Crippen LogP) is 1.83. The van der Waals surface area contributed by atoms with Crippen LogP contribution in [0.15, 0.2) is 36.9 Å². The molecule has 25 heavy (non-hydrogen) atoms. The molecule has 1 fully saturated rings. The summed E-state index contributed by atoms with van der Waals surface area (Å²) in [4.78, 5) is 18.7. The molecule has 3 rings (SSSR count). The molecule has 7 heteroatoms. The molecule has 134 valence electrons.